The van der Waals surface area contributed by atoms with Gasteiger partial charge in [0.15, 0.2) is 0 Å². The Morgan fingerprint density at radius 1 is 0.875 bits per heavy atom. The van der Waals surface area contributed by atoms with Crippen molar-refractivity contribution < 1.29 is 9.47 Å². The van der Waals surface area contributed by atoms with Crippen LogP contribution in [0, 0.1) is 0 Å². The van der Waals surface area contributed by atoms with Crippen molar-refractivity contribution in [3.8, 4) is 0 Å². The first-order valence-corrected chi connectivity index (χ1v) is 8.22. The molecule has 0 aliphatic rings. The molecule has 0 saturated heterocycles. The molecule has 0 N–H and O–H groups in total. The van der Waals surface area contributed by atoms with Crippen LogP contribution in [0.1, 0.15) is 0 Å². The average molecular weight is 321 g/mol. The molecule has 24 heavy (non-hydrogen) atoms. The summed E-state index contributed by atoms with van der Waals surface area (Å²) in [6.07, 6.45) is 3.49. The van der Waals surface area contributed by atoms with Gasteiger partial charge in [-0.25, -0.2) is 0 Å². The van der Waals surface area contributed by atoms with Crippen LogP contribution < -0.4 is 0 Å². The molecule has 3 nitrogen and oxygen atoms in total. The van der Waals surface area contributed by atoms with Crippen molar-refractivity contribution in [1.82, 2.24) is 4.57 Å². The van der Waals surface area contributed by atoms with Crippen LogP contribution in [-0.4, -0.2) is 30.5 Å². The smallest absolute Gasteiger partial charge is 0.0991 e. The zero-order chi connectivity index (χ0) is 16.8. The van der Waals surface area contributed by atoms with Crippen LogP contribution >= 0.6 is 0 Å². The normalized spacial score (nSPS) is 12.5. The van der Waals surface area contributed by atoms with E-state index in [1.165, 1.54) is 21.8 Å². The number of rotatable bonds is 9. The van der Waals surface area contributed by atoms with Gasteiger partial charge in [-0.3, -0.25) is 0 Å². The van der Waals surface area contributed by atoms with E-state index in [0.29, 0.717) is 19.8 Å². The fourth-order valence-corrected chi connectivity index (χ4v) is 3.04. The predicted octanol–water partition coefficient (Wildman–Crippen LogP) is 4.57. The summed E-state index contributed by atoms with van der Waals surface area (Å²) >= 11 is 0. The number of fused-ring (bicyclic) bond motifs is 3. The first kappa shape index (κ1) is 16.5. The van der Waals surface area contributed by atoms with Crippen LogP contribution in [-0.2, 0) is 16.0 Å². The highest BCUT2D eigenvalue weighted by atomic mass is 16.5. The van der Waals surface area contributed by atoms with Crippen LogP contribution in [0.5, 0.6) is 0 Å². The molecule has 0 aliphatic heterocycles. The van der Waals surface area contributed by atoms with E-state index in [1.54, 1.807) is 12.2 Å². The number of para-hydroxylation sites is 2. The van der Waals surface area contributed by atoms with Gasteiger partial charge in [0.2, 0.25) is 0 Å². The maximum absolute atomic E-state index is 5.91. The number of hydrogen-bond donors (Lipinski definition) is 0. The summed E-state index contributed by atoms with van der Waals surface area (Å²) in [4.78, 5) is 0. The maximum atomic E-state index is 5.91. The standard InChI is InChI=1S/C21H23NO2/c1-3-13-23-16-17(24-14-4-2)15-22-20-11-7-5-9-18(20)19-10-6-8-12-21(19)22/h3-12,17H,1-2,13-16H2. The van der Waals surface area contributed by atoms with E-state index in [2.05, 4.69) is 66.3 Å². The highest BCUT2D eigenvalue weighted by Crippen LogP contribution is 2.29. The molecule has 0 spiro atoms. The number of benzene rings is 2. The molecule has 0 bridgehead atoms. The molecule has 0 fully saturated rings. The second-order valence-corrected chi connectivity index (χ2v) is 5.72. The molecular formula is C21H23NO2. The Labute approximate surface area is 142 Å². The van der Waals surface area contributed by atoms with Crippen molar-refractivity contribution in [2.24, 2.45) is 0 Å². The van der Waals surface area contributed by atoms with E-state index in [1.807, 2.05) is 0 Å². The lowest BCUT2D eigenvalue weighted by atomic mass is 10.2. The van der Waals surface area contributed by atoms with Crippen LogP contribution in [0.15, 0.2) is 73.8 Å². The molecule has 1 aromatic heterocycles. The Hall–Kier alpha value is -2.36. The quantitative estimate of drug-likeness (QED) is 0.426. The molecular weight excluding hydrogens is 298 g/mol. The molecule has 3 heteroatoms. The Kier molecular flexibility index (Phi) is 5.47. The van der Waals surface area contributed by atoms with Crippen LogP contribution in [0.3, 0.4) is 0 Å². The van der Waals surface area contributed by atoms with Gasteiger partial charge in [-0.05, 0) is 12.1 Å². The minimum absolute atomic E-state index is 0.0397. The van der Waals surface area contributed by atoms with Crippen molar-refractivity contribution >= 4 is 21.8 Å². The molecule has 3 rings (SSSR count). The van der Waals surface area contributed by atoms with Crippen LogP contribution in [0.2, 0.25) is 0 Å². The largest absolute Gasteiger partial charge is 0.375 e. The van der Waals surface area contributed by atoms with E-state index in [-0.39, 0.29) is 6.10 Å². The minimum Gasteiger partial charge on any atom is -0.375 e. The first-order valence-electron chi connectivity index (χ1n) is 8.22. The van der Waals surface area contributed by atoms with Gasteiger partial charge in [-0.1, -0.05) is 48.6 Å². The molecule has 124 valence electrons. The second kappa shape index (κ2) is 7.95. The van der Waals surface area contributed by atoms with Gasteiger partial charge in [0, 0.05) is 21.8 Å². The zero-order valence-electron chi connectivity index (χ0n) is 13.9. The summed E-state index contributed by atoms with van der Waals surface area (Å²) in [6, 6.07) is 17.0. The number of ether oxygens (including phenoxy) is 2. The lowest BCUT2D eigenvalue weighted by Gasteiger charge is -2.19. The highest BCUT2D eigenvalue weighted by molar-refractivity contribution is 6.07. The van der Waals surface area contributed by atoms with Gasteiger partial charge in [0.05, 0.1) is 32.5 Å². The Morgan fingerprint density at radius 2 is 1.46 bits per heavy atom. The monoisotopic (exact) mass is 321 g/mol. The summed E-state index contributed by atoms with van der Waals surface area (Å²) in [6.45, 7) is 9.73. The lowest BCUT2D eigenvalue weighted by Crippen LogP contribution is -2.26. The van der Waals surface area contributed by atoms with Gasteiger partial charge in [-0.15, -0.1) is 13.2 Å². The fourth-order valence-electron chi connectivity index (χ4n) is 3.04. The Bertz CT molecular complexity index is 781. The van der Waals surface area contributed by atoms with Crippen molar-refractivity contribution in [3.63, 3.8) is 0 Å². The Balaban J connectivity index is 1.95. The molecule has 0 saturated carbocycles. The van der Waals surface area contributed by atoms with Gasteiger partial charge in [0.1, 0.15) is 0 Å². The summed E-state index contributed by atoms with van der Waals surface area (Å²) in [5.74, 6) is 0. The first-order chi connectivity index (χ1) is 11.8. The van der Waals surface area contributed by atoms with Gasteiger partial charge < -0.3 is 14.0 Å². The van der Waals surface area contributed by atoms with Crippen LogP contribution in [0.4, 0.5) is 0 Å². The van der Waals surface area contributed by atoms with Gasteiger partial charge in [-0.2, -0.15) is 0 Å². The highest BCUT2D eigenvalue weighted by Gasteiger charge is 2.15. The topological polar surface area (TPSA) is 23.4 Å². The van der Waals surface area contributed by atoms with Crippen molar-refractivity contribution in [3.05, 3.63) is 73.8 Å². The fraction of sp³-hybridized carbons (Fsp3) is 0.238. The molecule has 1 atom stereocenters. The minimum atomic E-state index is -0.0397. The summed E-state index contributed by atoms with van der Waals surface area (Å²) in [7, 11) is 0. The Morgan fingerprint density at radius 3 is 2.04 bits per heavy atom. The van der Waals surface area contributed by atoms with E-state index in [4.69, 9.17) is 9.47 Å². The summed E-state index contributed by atoms with van der Waals surface area (Å²) < 4.78 is 13.9. The number of hydrogen-bond acceptors (Lipinski definition) is 2. The number of aromatic nitrogens is 1. The number of nitrogens with zero attached hydrogens (tertiary/aromatic N) is 1. The molecule has 0 amide bonds. The molecule has 1 heterocycles. The maximum Gasteiger partial charge on any atom is 0.0991 e. The van der Waals surface area contributed by atoms with E-state index in [9.17, 15) is 0 Å². The van der Waals surface area contributed by atoms with Crippen LogP contribution in [0.25, 0.3) is 21.8 Å². The van der Waals surface area contributed by atoms with Gasteiger partial charge >= 0.3 is 0 Å². The van der Waals surface area contributed by atoms with E-state index < -0.39 is 0 Å². The predicted molar refractivity (Wildman–Crippen MR) is 100 cm³/mol. The van der Waals surface area contributed by atoms with E-state index >= 15 is 0 Å². The molecule has 3 aromatic rings. The van der Waals surface area contributed by atoms with Crippen molar-refractivity contribution in [1.29, 1.82) is 0 Å². The second-order valence-electron chi connectivity index (χ2n) is 5.72. The zero-order valence-corrected chi connectivity index (χ0v) is 13.9. The molecule has 1 unspecified atom stereocenters. The van der Waals surface area contributed by atoms with Crippen molar-refractivity contribution in [2.75, 3.05) is 19.8 Å². The molecule has 2 aromatic carbocycles. The third-order valence-corrected chi connectivity index (χ3v) is 4.06. The van der Waals surface area contributed by atoms with E-state index in [0.717, 1.165) is 6.54 Å². The molecule has 0 aliphatic carbocycles. The lowest BCUT2D eigenvalue weighted by molar-refractivity contribution is -0.00565. The third-order valence-electron chi connectivity index (χ3n) is 4.06. The van der Waals surface area contributed by atoms with Gasteiger partial charge in [0.25, 0.3) is 0 Å². The molecule has 0 radical (unpaired) electrons. The van der Waals surface area contributed by atoms with Crippen molar-refractivity contribution in [2.45, 2.75) is 12.6 Å². The average Bonchev–Trinajstić information content (AvgIpc) is 2.94. The summed E-state index contributed by atoms with van der Waals surface area (Å²) in [5, 5.41) is 2.53. The third kappa shape index (κ3) is 3.42. The SMILES string of the molecule is C=CCOCC(Cn1c2ccccc2c2ccccc21)OCC=C. The summed E-state index contributed by atoms with van der Waals surface area (Å²) in [5.41, 5.74) is 2.43.